The molecule has 0 spiro atoms. The van der Waals surface area contributed by atoms with Crippen LogP contribution < -0.4 is 16.8 Å². The van der Waals surface area contributed by atoms with Crippen molar-refractivity contribution in [3.63, 3.8) is 0 Å². The Kier molecular flexibility index (Phi) is 6.36. The predicted molar refractivity (Wildman–Crippen MR) is 82.2 cm³/mol. The van der Waals surface area contributed by atoms with Gasteiger partial charge in [0.1, 0.15) is 0 Å². The van der Waals surface area contributed by atoms with E-state index in [1.54, 1.807) is 0 Å². The lowest BCUT2D eigenvalue weighted by atomic mass is 9.99. The summed E-state index contributed by atoms with van der Waals surface area (Å²) in [6.07, 6.45) is 0.937. The fraction of sp³-hybridized carbons (Fsp3) is 0.533. The number of guanidine groups is 1. The van der Waals surface area contributed by atoms with E-state index in [9.17, 15) is 0 Å². The predicted octanol–water partition coefficient (Wildman–Crippen LogP) is 2.12. The number of nitrogens with zero attached hydrogens (tertiary/aromatic N) is 1. The zero-order valence-corrected chi connectivity index (χ0v) is 12.2. The van der Waals surface area contributed by atoms with Gasteiger partial charge in [-0.2, -0.15) is 0 Å². The van der Waals surface area contributed by atoms with Crippen molar-refractivity contribution in [3.8, 4) is 0 Å². The third kappa shape index (κ3) is 5.75. The van der Waals surface area contributed by atoms with E-state index in [-0.39, 0.29) is 5.96 Å². The smallest absolute Gasteiger partial charge is 0.185 e. The highest BCUT2D eigenvalue weighted by molar-refractivity contribution is 5.75. The fourth-order valence-electron chi connectivity index (χ4n) is 1.89. The Hall–Kier alpha value is -1.55. The first kappa shape index (κ1) is 15.5. The summed E-state index contributed by atoms with van der Waals surface area (Å²) >= 11 is 0. The summed E-state index contributed by atoms with van der Waals surface area (Å²) in [6.45, 7) is 8.17. The number of hydrogen-bond acceptors (Lipinski definition) is 2. The summed E-state index contributed by atoms with van der Waals surface area (Å²) < 4.78 is 0. The second-order valence-electron chi connectivity index (χ2n) is 5.16. The van der Waals surface area contributed by atoms with Crippen LogP contribution in [0.15, 0.2) is 29.3 Å². The summed E-state index contributed by atoms with van der Waals surface area (Å²) in [5, 5.41) is 3.47. The van der Waals surface area contributed by atoms with Crippen molar-refractivity contribution in [1.29, 1.82) is 0 Å². The van der Waals surface area contributed by atoms with E-state index in [2.05, 4.69) is 55.3 Å². The van der Waals surface area contributed by atoms with E-state index in [0.29, 0.717) is 18.5 Å². The quantitative estimate of drug-likeness (QED) is 0.400. The van der Waals surface area contributed by atoms with Crippen LogP contribution in [0.2, 0.25) is 0 Å². The number of aliphatic imine (C=N–C) groups is 1. The van der Waals surface area contributed by atoms with E-state index in [1.807, 2.05) is 0 Å². The van der Waals surface area contributed by atoms with Gasteiger partial charge in [0.25, 0.3) is 0 Å². The average molecular weight is 262 g/mol. The fourth-order valence-corrected chi connectivity index (χ4v) is 1.89. The molecule has 0 aliphatic carbocycles. The van der Waals surface area contributed by atoms with Gasteiger partial charge in [0.15, 0.2) is 5.96 Å². The molecule has 0 aliphatic rings. The van der Waals surface area contributed by atoms with Gasteiger partial charge < -0.3 is 16.8 Å². The number of benzene rings is 1. The first-order chi connectivity index (χ1) is 9.00. The summed E-state index contributed by atoms with van der Waals surface area (Å²) in [6, 6.07) is 9.15. The molecule has 1 rings (SSSR count). The van der Waals surface area contributed by atoms with Crippen LogP contribution in [0.3, 0.4) is 0 Å². The van der Waals surface area contributed by atoms with Crippen LogP contribution in [0.25, 0.3) is 0 Å². The molecule has 1 aromatic carbocycles. The van der Waals surface area contributed by atoms with Crippen molar-refractivity contribution in [1.82, 2.24) is 5.32 Å². The minimum atomic E-state index is 0.164. The number of nitrogens with one attached hydrogen (secondary N) is 1. The Morgan fingerprint density at radius 2 is 1.68 bits per heavy atom. The van der Waals surface area contributed by atoms with Crippen LogP contribution in [-0.4, -0.2) is 19.0 Å². The minimum absolute atomic E-state index is 0.164. The largest absolute Gasteiger partial charge is 0.370 e. The lowest BCUT2D eigenvalue weighted by molar-refractivity contribution is 0.561. The molecule has 0 heterocycles. The molecule has 4 nitrogen and oxygen atoms in total. The van der Waals surface area contributed by atoms with Crippen molar-refractivity contribution in [3.05, 3.63) is 35.4 Å². The van der Waals surface area contributed by atoms with Crippen LogP contribution >= 0.6 is 0 Å². The number of rotatable bonds is 7. The van der Waals surface area contributed by atoms with Gasteiger partial charge in [0.2, 0.25) is 0 Å². The van der Waals surface area contributed by atoms with Gasteiger partial charge in [-0.1, -0.05) is 38.1 Å². The summed E-state index contributed by atoms with van der Waals surface area (Å²) in [7, 11) is 0. The molecular formula is C15H26N4. The monoisotopic (exact) mass is 262 g/mol. The van der Waals surface area contributed by atoms with E-state index >= 15 is 0 Å². The van der Waals surface area contributed by atoms with Gasteiger partial charge in [-0.25, -0.2) is 0 Å². The highest BCUT2D eigenvalue weighted by atomic mass is 15.0. The third-order valence-electron chi connectivity index (χ3n) is 3.18. The molecule has 0 amide bonds. The molecule has 0 radical (unpaired) electrons. The molecule has 5 N–H and O–H groups in total. The second kappa shape index (κ2) is 7.79. The molecule has 1 atom stereocenters. The summed E-state index contributed by atoms with van der Waals surface area (Å²) in [5.41, 5.74) is 13.2. The Labute approximate surface area is 116 Å². The topological polar surface area (TPSA) is 76.4 Å². The molecule has 19 heavy (non-hydrogen) atoms. The number of hydrogen-bond donors (Lipinski definition) is 3. The third-order valence-corrected chi connectivity index (χ3v) is 3.18. The van der Waals surface area contributed by atoms with E-state index < -0.39 is 0 Å². The van der Waals surface area contributed by atoms with Crippen molar-refractivity contribution in [2.45, 2.75) is 39.2 Å². The first-order valence-corrected chi connectivity index (χ1v) is 6.89. The van der Waals surface area contributed by atoms with Crippen molar-refractivity contribution in [2.24, 2.45) is 16.5 Å². The minimum Gasteiger partial charge on any atom is -0.370 e. The molecule has 1 aromatic rings. The van der Waals surface area contributed by atoms with Crippen molar-refractivity contribution in [2.75, 3.05) is 13.1 Å². The van der Waals surface area contributed by atoms with Gasteiger partial charge in [0, 0.05) is 12.6 Å². The van der Waals surface area contributed by atoms with Gasteiger partial charge in [-0.15, -0.1) is 0 Å². The van der Waals surface area contributed by atoms with Gasteiger partial charge in [0.05, 0.1) is 0 Å². The molecule has 0 bridgehead atoms. The van der Waals surface area contributed by atoms with Crippen LogP contribution in [0, 0.1) is 0 Å². The molecule has 4 heteroatoms. The number of nitrogens with two attached hydrogens (primary N) is 2. The van der Waals surface area contributed by atoms with Crippen molar-refractivity contribution < 1.29 is 0 Å². The summed E-state index contributed by atoms with van der Waals surface area (Å²) in [5.74, 6) is 0.745. The van der Waals surface area contributed by atoms with Gasteiger partial charge >= 0.3 is 0 Å². The van der Waals surface area contributed by atoms with Crippen LogP contribution in [0.1, 0.15) is 50.3 Å². The zero-order chi connectivity index (χ0) is 14.3. The normalized spacial score (nSPS) is 12.4. The zero-order valence-electron chi connectivity index (χ0n) is 12.2. The molecule has 0 fully saturated rings. The van der Waals surface area contributed by atoms with Gasteiger partial charge in [-0.05, 0) is 36.9 Å². The highest BCUT2D eigenvalue weighted by Gasteiger charge is 2.05. The van der Waals surface area contributed by atoms with Crippen LogP contribution in [-0.2, 0) is 0 Å². The lowest BCUT2D eigenvalue weighted by Crippen LogP contribution is -2.24. The Morgan fingerprint density at radius 1 is 1.11 bits per heavy atom. The standard InChI is InChI=1S/C15H26N4/c1-11(2)13-5-7-14(8-6-13)12(3)18-9-4-10-19-15(16)17/h5-8,11-12,18H,4,9-10H2,1-3H3,(H4,16,17,19). The molecule has 1 unspecified atom stereocenters. The molecule has 0 saturated carbocycles. The second-order valence-corrected chi connectivity index (χ2v) is 5.16. The van der Waals surface area contributed by atoms with E-state index in [1.165, 1.54) is 11.1 Å². The van der Waals surface area contributed by atoms with E-state index in [4.69, 9.17) is 11.5 Å². The van der Waals surface area contributed by atoms with Crippen LogP contribution in [0.5, 0.6) is 0 Å². The summed E-state index contributed by atoms with van der Waals surface area (Å²) in [4.78, 5) is 3.96. The highest BCUT2D eigenvalue weighted by Crippen LogP contribution is 2.18. The SMILES string of the molecule is CC(C)c1ccc(C(C)NCCCN=C(N)N)cc1. The Bertz CT molecular complexity index is 391. The Morgan fingerprint density at radius 3 is 2.21 bits per heavy atom. The maximum absolute atomic E-state index is 5.27. The molecule has 0 aromatic heterocycles. The lowest BCUT2D eigenvalue weighted by Gasteiger charge is -2.15. The average Bonchev–Trinajstić information content (AvgIpc) is 2.37. The maximum Gasteiger partial charge on any atom is 0.185 e. The molecular weight excluding hydrogens is 236 g/mol. The Balaban J connectivity index is 2.37. The molecule has 0 aliphatic heterocycles. The van der Waals surface area contributed by atoms with Gasteiger partial charge in [-0.3, -0.25) is 4.99 Å². The van der Waals surface area contributed by atoms with Crippen molar-refractivity contribution >= 4 is 5.96 Å². The van der Waals surface area contributed by atoms with E-state index in [0.717, 1.165) is 13.0 Å². The molecule has 0 saturated heterocycles. The first-order valence-electron chi connectivity index (χ1n) is 6.89. The maximum atomic E-state index is 5.27. The van der Waals surface area contributed by atoms with Crippen LogP contribution in [0.4, 0.5) is 0 Å². The molecule has 106 valence electrons.